The Morgan fingerprint density at radius 2 is 1.55 bits per heavy atom. The molecule has 0 aliphatic rings. The lowest BCUT2D eigenvalue weighted by Gasteiger charge is -2.17. The molecule has 7 heteroatoms. The molecule has 3 aromatic rings. The number of carbonyl (C=O) groups is 2. The highest BCUT2D eigenvalue weighted by Crippen LogP contribution is 2.14. The second kappa shape index (κ2) is 10.6. The standard InChI is InChI=1S/C24H29N3O4/c1-3-15-26-20-12-8-9-13-21(20)27(24(26)30)16-14-22(28)25-19(23(29)31-4-2)17-18-10-6-5-7-11-18/h5-13,19H,3-4,14-17H2,1-2H3,(H,25,28). The van der Waals surface area contributed by atoms with E-state index < -0.39 is 12.0 Å². The predicted octanol–water partition coefficient (Wildman–Crippen LogP) is 2.89. The summed E-state index contributed by atoms with van der Waals surface area (Å²) in [5.41, 5.74) is 2.48. The van der Waals surface area contributed by atoms with Crippen LogP contribution in [0.2, 0.25) is 0 Å². The topological polar surface area (TPSA) is 82.3 Å². The number of nitrogens with one attached hydrogen (secondary N) is 1. The van der Waals surface area contributed by atoms with Crippen LogP contribution in [0.15, 0.2) is 59.4 Å². The monoisotopic (exact) mass is 423 g/mol. The van der Waals surface area contributed by atoms with Crippen LogP contribution >= 0.6 is 0 Å². The maximum atomic E-state index is 12.9. The lowest BCUT2D eigenvalue weighted by atomic mass is 10.1. The van der Waals surface area contributed by atoms with Gasteiger partial charge in [0, 0.05) is 25.9 Å². The molecule has 0 bridgehead atoms. The van der Waals surface area contributed by atoms with E-state index in [1.54, 1.807) is 16.1 Å². The van der Waals surface area contributed by atoms with Gasteiger partial charge in [-0.2, -0.15) is 0 Å². The number of nitrogens with zero attached hydrogens (tertiary/aromatic N) is 2. The molecule has 1 heterocycles. The van der Waals surface area contributed by atoms with Gasteiger partial charge in [0.25, 0.3) is 0 Å². The Morgan fingerprint density at radius 3 is 2.16 bits per heavy atom. The normalized spacial score (nSPS) is 11.9. The second-order valence-electron chi connectivity index (χ2n) is 7.39. The number of hydrogen-bond acceptors (Lipinski definition) is 4. The van der Waals surface area contributed by atoms with Gasteiger partial charge in [0.2, 0.25) is 5.91 Å². The number of para-hydroxylation sites is 2. The number of imidazole rings is 1. The number of hydrogen-bond donors (Lipinski definition) is 1. The smallest absolute Gasteiger partial charge is 0.329 e. The van der Waals surface area contributed by atoms with E-state index in [2.05, 4.69) is 5.32 Å². The van der Waals surface area contributed by atoms with Crippen LogP contribution in [0, 0.1) is 0 Å². The lowest BCUT2D eigenvalue weighted by Crippen LogP contribution is -2.43. The Balaban J connectivity index is 1.72. The highest BCUT2D eigenvalue weighted by molar-refractivity contribution is 5.85. The molecule has 164 valence electrons. The third-order valence-electron chi connectivity index (χ3n) is 5.12. The summed E-state index contributed by atoms with van der Waals surface area (Å²) in [6.45, 7) is 4.86. The molecule has 0 aliphatic heterocycles. The van der Waals surface area contributed by atoms with Gasteiger partial charge in [0.05, 0.1) is 17.6 Å². The summed E-state index contributed by atoms with van der Waals surface area (Å²) in [6.07, 6.45) is 1.28. The maximum absolute atomic E-state index is 12.9. The van der Waals surface area contributed by atoms with Crippen LogP contribution in [0.4, 0.5) is 0 Å². The minimum absolute atomic E-state index is 0.0880. The highest BCUT2D eigenvalue weighted by atomic mass is 16.5. The number of fused-ring (bicyclic) bond motifs is 1. The fourth-order valence-electron chi connectivity index (χ4n) is 3.69. The maximum Gasteiger partial charge on any atom is 0.329 e. The van der Waals surface area contributed by atoms with Gasteiger partial charge in [-0.15, -0.1) is 0 Å². The Morgan fingerprint density at radius 1 is 0.935 bits per heavy atom. The molecule has 0 spiro atoms. The number of amides is 1. The SMILES string of the molecule is CCCn1c(=O)n(CCC(=O)NC(Cc2ccccc2)C(=O)OCC)c2ccccc21. The molecule has 0 aliphatic carbocycles. The van der Waals surface area contributed by atoms with Crippen molar-refractivity contribution in [2.45, 2.75) is 52.2 Å². The van der Waals surface area contributed by atoms with Gasteiger partial charge in [-0.05, 0) is 31.0 Å². The minimum Gasteiger partial charge on any atom is -0.464 e. The van der Waals surface area contributed by atoms with Gasteiger partial charge in [-0.3, -0.25) is 13.9 Å². The lowest BCUT2D eigenvalue weighted by molar-refractivity contribution is -0.147. The van der Waals surface area contributed by atoms with Crippen LogP contribution in [-0.4, -0.2) is 33.7 Å². The number of carbonyl (C=O) groups excluding carboxylic acids is 2. The summed E-state index contributed by atoms with van der Waals surface area (Å²) in [5.74, 6) is -0.760. The fraction of sp³-hybridized carbons (Fsp3) is 0.375. The van der Waals surface area contributed by atoms with Gasteiger partial charge in [-0.1, -0.05) is 49.4 Å². The van der Waals surface area contributed by atoms with Crippen molar-refractivity contribution < 1.29 is 14.3 Å². The Kier molecular flexibility index (Phi) is 7.65. The van der Waals surface area contributed by atoms with E-state index in [4.69, 9.17) is 4.74 Å². The van der Waals surface area contributed by atoms with E-state index in [0.717, 1.165) is 23.0 Å². The molecule has 0 saturated heterocycles. The molecule has 1 amide bonds. The summed E-state index contributed by atoms with van der Waals surface area (Å²) in [4.78, 5) is 37.9. The molecule has 31 heavy (non-hydrogen) atoms. The number of esters is 1. The zero-order valence-corrected chi connectivity index (χ0v) is 18.0. The van der Waals surface area contributed by atoms with Crippen molar-refractivity contribution in [3.63, 3.8) is 0 Å². The van der Waals surface area contributed by atoms with E-state index in [-0.39, 0.29) is 31.2 Å². The first kappa shape index (κ1) is 22.3. The van der Waals surface area contributed by atoms with Gasteiger partial charge in [0.1, 0.15) is 6.04 Å². The fourth-order valence-corrected chi connectivity index (χ4v) is 3.69. The summed E-state index contributed by atoms with van der Waals surface area (Å²) in [6, 6.07) is 16.3. The number of aromatic nitrogens is 2. The van der Waals surface area contributed by atoms with Crippen LogP contribution in [0.5, 0.6) is 0 Å². The van der Waals surface area contributed by atoms with Gasteiger partial charge >= 0.3 is 11.7 Å². The van der Waals surface area contributed by atoms with Crippen LogP contribution in [0.25, 0.3) is 11.0 Å². The van der Waals surface area contributed by atoms with Crippen molar-refractivity contribution in [3.8, 4) is 0 Å². The molecule has 1 aromatic heterocycles. The molecule has 7 nitrogen and oxygen atoms in total. The first-order valence-corrected chi connectivity index (χ1v) is 10.7. The summed E-state index contributed by atoms with van der Waals surface area (Å²) >= 11 is 0. The number of benzene rings is 2. The van der Waals surface area contributed by atoms with Gasteiger partial charge in [0.15, 0.2) is 0 Å². The van der Waals surface area contributed by atoms with Crippen molar-refractivity contribution in [3.05, 3.63) is 70.6 Å². The first-order valence-electron chi connectivity index (χ1n) is 10.7. The Bertz CT molecular complexity index is 1090. The Labute approximate surface area is 181 Å². The predicted molar refractivity (Wildman–Crippen MR) is 120 cm³/mol. The summed E-state index contributed by atoms with van der Waals surface area (Å²) in [5, 5.41) is 2.78. The van der Waals surface area contributed by atoms with Crippen molar-refractivity contribution in [2.75, 3.05) is 6.61 Å². The molecule has 1 atom stereocenters. The molecule has 0 saturated carbocycles. The van der Waals surface area contributed by atoms with E-state index in [9.17, 15) is 14.4 Å². The molecular weight excluding hydrogens is 394 g/mol. The molecule has 0 radical (unpaired) electrons. The third-order valence-corrected chi connectivity index (χ3v) is 5.12. The van der Waals surface area contributed by atoms with Crippen LogP contribution in [0.3, 0.4) is 0 Å². The highest BCUT2D eigenvalue weighted by Gasteiger charge is 2.23. The number of rotatable bonds is 10. The zero-order chi connectivity index (χ0) is 22.2. The van der Waals surface area contributed by atoms with Gasteiger partial charge < -0.3 is 10.1 Å². The molecule has 0 fully saturated rings. The van der Waals surface area contributed by atoms with Gasteiger partial charge in [-0.25, -0.2) is 9.59 Å². The average Bonchev–Trinajstić information content (AvgIpc) is 3.04. The molecule has 3 rings (SSSR count). The molecule has 1 N–H and O–H groups in total. The molecule has 2 aromatic carbocycles. The van der Waals surface area contributed by atoms with Crippen LogP contribution in [-0.2, 0) is 33.8 Å². The average molecular weight is 424 g/mol. The number of ether oxygens (including phenoxy) is 1. The van der Waals surface area contributed by atoms with Crippen molar-refractivity contribution in [2.24, 2.45) is 0 Å². The van der Waals surface area contributed by atoms with E-state index in [0.29, 0.717) is 13.0 Å². The summed E-state index contributed by atoms with van der Waals surface area (Å²) < 4.78 is 8.50. The van der Waals surface area contributed by atoms with Crippen LogP contribution in [0.1, 0.15) is 32.3 Å². The summed E-state index contributed by atoms with van der Waals surface area (Å²) in [7, 11) is 0. The largest absolute Gasteiger partial charge is 0.464 e. The van der Waals surface area contributed by atoms with Crippen molar-refractivity contribution in [1.82, 2.24) is 14.5 Å². The minimum atomic E-state index is -0.770. The van der Waals surface area contributed by atoms with E-state index in [1.807, 2.05) is 61.5 Å². The number of aryl methyl sites for hydroxylation is 2. The molecule has 1 unspecified atom stereocenters. The second-order valence-corrected chi connectivity index (χ2v) is 7.39. The van der Waals surface area contributed by atoms with Crippen molar-refractivity contribution >= 4 is 22.9 Å². The zero-order valence-electron chi connectivity index (χ0n) is 18.0. The third kappa shape index (κ3) is 5.42. The Hall–Kier alpha value is -3.35. The molecular formula is C24H29N3O4. The van der Waals surface area contributed by atoms with Crippen LogP contribution < -0.4 is 11.0 Å². The van der Waals surface area contributed by atoms with Crippen molar-refractivity contribution in [1.29, 1.82) is 0 Å². The quantitative estimate of drug-likeness (QED) is 0.509. The van der Waals surface area contributed by atoms with E-state index in [1.165, 1.54) is 0 Å². The van der Waals surface area contributed by atoms with E-state index >= 15 is 0 Å². The first-order chi connectivity index (χ1) is 15.0.